The van der Waals surface area contributed by atoms with E-state index in [2.05, 4.69) is 24.9 Å². The molecule has 0 unspecified atom stereocenters. The predicted octanol–water partition coefficient (Wildman–Crippen LogP) is 0.961. The van der Waals surface area contributed by atoms with Gasteiger partial charge in [-0.15, -0.1) is 0 Å². The highest BCUT2D eigenvalue weighted by atomic mass is 15.3. The van der Waals surface area contributed by atoms with Crippen molar-refractivity contribution in [2.75, 3.05) is 5.43 Å². The van der Waals surface area contributed by atoms with E-state index in [0.29, 0.717) is 17.7 Å². The molecule has 0 spiro atoms. The minimum absolute atomic E-state index is 0.565. The first-order valence-electron chi connectivity index (χ1n) is 5.20. The number of nitrogens with two attached hydrogens (primary N) is 1. The van der Waals surface area contributed by atoms with E-state index in [1.165, 1.54) is 12.8 Å². The normalized spacial score (nSPS) is 15.1. The average molecular weight is 216 g/mol. The van der Waals surface area contributed by atoms with Crippen molar-refractivity contribution in [2.45, 2.75) is 18.9 Å². The van der Waals surface area contributed by atoms with Crippen LogP contribution >= 0.6 is 0 Å². The van der Waals surface area contributed by atoms with Crippen LogP contribution in [-0.2, 0) is 0 Å². The lowest BCUT2D eigenvalue weighted by Gasteiger charge is -2.05. The van der Waals surface area contributed by atoms with E-state index >= 15 is 0 Å². The van der Waals surface area contributed by atoms with Gasteiger partial charge >= 0.3 is 0 Å². The number of nitrogen functional groups attached to an aromatic ring is 1. The highest BCUT2D eigenvalue weighted by molar-refractivity contribution is 5.51. The molecule has 2 aromatic rings. The van der Waals surface area contributed by atoms with Gasteiger partial charge in [0.1, 0.15) is 11.5 Å². The molecule has 16 heavy (non-hydrogen) atoms. The van der Waals surface area contributed by atoms with Crippen molar-refractivity contribution in [3.05, 3.63) is 24.8 Å². The SMILES string of the molecule is NNc1ccnc(-c2cncn2C2CC2)n1. The Balaban J connectivity index is 2.03. The molecule has 0 saturated heterocycles. The molecule has 1 saturated carbocycles. The second kappa shape index (κ2) is 3.57. The van der Waals surface area contributed by atoms with Crippen LogP contribution in [0.15, 0.2) is 24.8 Å². The first-order chi connectivity index (χ1) is 7.88. The maximum Gasteiger partial charge on any atom is 0.179 e. The van der Waals surface area contributed by atoms with E-state index in [1.54, 1.807) is 18.5 Å². The van der Waals surface area contributed by atoms with Gasteiger partial charge in [-0.25, -0.2) is 20.8 Å². The first-order valence-corrected chi connectivity index (χ1v) is 5.20. The molecular weight excluding hydrogens is 204 g/mol. The zero-order valence-electron chi connectivity index (χ0n) is 8.67. The van der Waals surface area contributed by atoms with Gasteiger partial charge in [0, 0.05) is 18.3 Å². The molecule has 2 heterocycles. The quantitative estimate of drug-likeness (QED) is 0.590. The number of hydrogen-bond donors (Lipinski definition) is 2. The Labute approximate surface area is 92.5 Å². The lowest BCUT2D eigenvalue weighted by atomic mass is 10.4. The van der Waals surface area contributed by atoms with E-state index in [9.17, 15) is 0 Å². The Morgan fingerprint density at radius 2 is 2.31 bits per heavy atom. The van der Waals surface area contributed by atoms with Crippen LogP contribution in [0.2, 0.25) is 0 Å². The number of hydrazine groups is 1. The van der Waals surface area contributed by atoms with Gasteiger partial charge < -0.3 is 9.99 Å². The van der Waals surface area contributed by atoms with Crippen LogP contribution in [0, 0.1) is 0 Å². The summed E-state index contributed by atoms with van der Waals surface area (Å²) in [5.41, 5.74) is 3.46. The van der Waals surface area contributed by atoms with Gasteiger partial charge in [0.15, 0.2) is 5.82 Å². The standard InChI is InChI=1S/C10H12N6/c11-15-9-3-4-13-10(14-9)8-5-12-6-16(8)7-1-2-7/h3-7H,1-2,11H2,(H,13,14,15). The van der Waals surface area contributed by atoms with Crippen LogP contribution in [0.3, 0.4) is 0 Å². The summed E-state index contributed by atoms with van der Waals surface area (Å²) in [7, 11) is 0. The lowest BCUT2D eigenvalue weighted by Crippen LogP contribution is -2.09. The van der Waals surface area contributed by atoms with Crippen molar-refractivity contribution in [3.63, 3.8) is 0 Å². The van der Waals surface area contributed by atoms with E-state index in [0.717, 1.165) is 5.69 Å². The largest absolute Gasteiger partial charge is 0.325 e. The van der Waals surface area contributed by atoms with Crippen LogP contribution in [-0.4, -0.2) is 19.5 Å². The third kappa shape index (κ3) is 1.53. The third-order valence-electron chi connectivity index (χ3n) is 2.64. The molecule has 0 amide bonds. The van der Waals surface area contributed by atoms with Gasteiger partial charge in [-0.2, -0.15) is 0 Å². The van der Waals surface area contributed by atoms with Gasteiger partial charge in [-0.3, -0.25) is 0 Å². The maximum atomic E-state index is 5.32. The Bertz CT molecular complexity index is 502. The number of imidazole rings is 1. The minimum atomic E-state index is 0.565. The van der Waals surface area contributed by atoms with E-state index in [1.807, 2.05) is 6.33 Å². The summed E-state index contributed by atoms with van der Waals surface area (Å²) >= 11 is 0. The molecule has 1 aliphatic carbocycles. The summed E-state index contributed by atoms with van der Waals surface area (Å²) in [6.07, 6.45) is 7.71. The summed E-state index contributed by atoms with van der Waals surface area (Å²) in [5, 5.41) is 0. The Morgan fingerprint density at radius 3 is 3.06 bits per heavy atom. The number of aromatic nitrogens is 4. The third-order valence-corrected chi connectivity index (χ3v) is 2.64. The summed E-state index contributed by atoms with van der Waals surface area (Å²) < 4.78 is 2.12. The van der Waals surface area contributed by atoms with Gasteiger partial charge in [0.2, 0.25) is 0 Å². The van der Waals surface area contributed by atoms with Gasteiger partial charge in [0.25, 0.3) is 0 Å². The molecule has 0 aromatic carbocycles. The number of hydrogen-bond acceptors (Lipinski definition) is 5. The molecule has 82 valence electrons. The Morgan fingerprint density at radius 1 is 1.44 bits per heavy atom. The monoisotopic (exact) mass is 216 g/mol. The fourth-order valence-electron chi connectivity index (χ4n) is 1.68. The van der Waals surface area contributed by atoms with Crippen molar-refractivity contribution in [3.8, 4) is 11.5 Å². The number of anilines is 1. The first kappa shape index (κ1) is 9.29. The smallest absolute Gasteiger partial charge is 0.179 e. The topological polar surface area (TPSA) is 81.6 Å². The number of nitrogens with zero attached hydrogens (tertiary/aromatic N) is 4. The van der Waals surface area contributed by atoms with Crippen LogP contribution in [0.5, 0.6) is 0 Å². The van der Waals surface area contributed by atoms with Gasteiger partial charge in [-0.1, -0.05) is 0 Å². The molecule has 3 rings (SSSR count). The van der Waals surface area contributed by atoms with Crippen LogP contribution in [0.4, 0.5) is 5.82 Å². The van der Waals surface area contributed by atoms with Gasteiger partial charge in [0.05, 0.1) is 12.5 Å². The summed E-state index contributed by atoms with van der Waals surface area (Å²) in [5.74, 6) is 6.58. The van der Waals surface area contributed by atoms with Crippen molar-refractivity contribution in [1.82, 2.24) is 19.5 Å². The highest BCUT2D eigenvalue weighted by Gasteiger charge is 2.26. The Kier molecular flexibility index (Phi) is 2.07. The zero-order chi connectivity index (χ0) is 11.0. The van der Waals surface area contributed by atoms with Crippen LogP contribution < -0.4 is 11.3 Å². The molecule has 1 aliphatic rings. The van der Waals surface area contributed by atoms with Crippen molar-refractivity contribution >= 4 is 5.82 Å². The zero-order valence-corrected chi connectivity index (χ0v) is 8.67. The minimum Gasteiger partial charge on any atom is -0.325 e. The molecule has 0 atom stereocenters. The molecule has 6 nitrogen and oxygen atoms in total. The van der Waals surface area contributed by atoms with Crippen LogP contribution in [0.25, 0.3) is 11.5 Å². The molecule has 6 heteroatoms. The van der Waals surface area contributed by atoms with E-state index in [4.69, 9.17) is 5.84 Å². The summed E-state index contributed by atoms with van der Waals surface area (Å²) in [6.45, 7) is 0. The fourth-order valence-corrected chi connectivity index (χ4v) is 1.68. The predicted molar refractivity (Wildman–Crippen MR) is 59.3 cm³/mol. The molecule has 3 N–H and O–H groups in total. The Hall–Kier alpha value is -1.95. The molecule has 1 fully saturated rings. The maximum absolute atomic E-state index is 5.32. The fraction of sp³-hybridized carbons (Fsp3) is 0.300. The van der Waals surface area contributed by atoms with Crippen molar-refractivity contribution in [1.29, 1.82) is 0 Å². The van der Waals surface area contributed by atoms with E-state index in [-0.39, 0.29) is 0 Å². The summed E-state index contributed by atoms with van der Waals surface area (Å²) in [6, 6.07) is 2.29. The second-order valence-electron chi connectivity index (χ2n) is 3.83. The highest BCUT2D eigenvalue weighted by Crippen LogP contribution is 2.37. The number of rotatable bonds is 3. The molecule has 0 aliphatic heterocycles. The molecule has 0 bridgehead atoms. The lowest BCUT2D eigenvalue weighted by molar-refractivity contribution is 0.743. The second-order valence-corrected chi connectivity index (χ2v) is 3.83. The molecule has 0 radical (unpaired) electrons. The van der Waals surface area contributed by atoms with Crippen molar-refractivity contribution in [2.24, 2.45) is 5.84 Å². The molecule has 2 aromatic heterocycles. The van der Waals surface area contributed by atoms with Crippen LogP contribution in [0.1, 0.15) is 18.9 Å². The molecular formula is C10H12N6. The van der Waals surface area contributed by atoms with Gasteiger partial charge in [-0.05, 0) is 12.8 Å². The van der Waals surface area contributed by atoms with E-state index < -0.39 is 0 Å². The van der Waals surface area contributed by atoms with Crippen molar-refractivity contribution < 1.29 is 0 Å². The number of nitrogens with one attached hydrogen (secondary N) is 1. The average Bonchev–Trinajstić information content (AvgIpc) is 3.07. The summed E-state index contributed by atoms with van der Waals surface area (Å²) in [4.78, 5) is 12.7.